The Morgan fingerprint density at radius 3 is 2.65 bits per heavy atom. The molecule has 23 heavy (non-hydrogen) atoms. The lowest BCUT2D eigenvalue weighted by Gasteiger charge is -2.39. The first-order chi connectivity index (χ1) is 11.0. The van der Waals surface area contributed by atoms with E-state index >= 15 is 0 Å². The van der Waals surface area contributed by atoms with Crippen molar-refractivity contribution in [3.05, 3.63) is 11.8 Å². The summed E-state index contributed by atoms with van der Waals surface area (Å²) < 4.78 is 5.42. The number of aromatic nitrogens is 2. The molecule has 1 saturated carbocycles. The summed E-state index contributed by atoms with van der Waals surface area (Å²) in [6, 6.07) is 1.96. The van der Waals surface area contributed by atoms with Gasteiger partial charge in [-0.15, -0.1) is 0 Å². The molecular formula is C16H26N4O3. The topological polar surface area (TPSA) is 105 Å². The average molecular weight is 322 g/mol. The molecule has 0 unspecified atom stereocenters. The number of ether oxygens (including phenoxy) is 1. The first-order valence-electron chi connectivity index (χ1n) is 8.24. The van der Waals surface area contributed by atoms with Crippen molar-refractivity contribution in [3.63, 3.8) is 0 Å². The minimum Gasteiger partial charge on any atom is -0.396 e. The summed E-state index contributed by atoms with van der Waals surface area (Å²) in [5.74, 6) is 1.29. The van der Waals surface area contributed by atoms with E-state index in [4.69, 9.17) is 10.5 Å². The van der Waals surface area contributed by atoms with Crippen molar-refractivity contribution in [2.45, 2.75) is 37.7 Å². The molecule has 0 bridgehead atoms. The van der Waals surface area contributed by atoms with E-state index < -0.39 is 0 Å². The van der Waals surface area contributed by atoms with Crippen LogP contribution in [0.4, 0.5) is 11.8 Å². The van der Waals surface area contributed by atoms with Gasteiger partial charge in [0.2, 0.25) is 5.95 Å². The van der Waals surface area contributed by atoms with Crippen LogP contribution < -0.4 is 10.6 Å². The number of nitrogens with zero attached hydrogens (tertiary/aromatic N) is 3. The van der Waals surface area contributed by atoms with E-state index in [0.717, 1.165) is 37.2 Å². The molecular weight excluding hydrogens is 296 g/mol. The lowest BCUT2D eigenvalue weighted by atomic mass is 9.79. The van der Waals surface area contributed by atoms with Gasteiger partial charge in [0, 0.05) is 44.2 Å². The van der Waals surface area contributed by atoms with Crippen molar-refractivity contribution < 1.29 is 14.9 Å². The molecule has 0 radical (unpaired) electrons. The second kappa shape index (κ2) is 6.59. The SMILES string of the molecule is CN(CC1(CO)CCOCC1)c1cc(C2CC(O)C2)nc(N)n1. The number of nitrogens with two attached hydrogens (primary N) is 1. The van der Waals surface area contributed by atoms with Gasteiger partial charge in [0.05, 0.1) is 18.4 Å². The quantitative estimate of drug-likeness (QED) is 0.726. The highest BCUT2D eigenvalue weighted by Gasteiger charge is 2.34. The first-order valence-corrected chi connectivity index (χ1v) is 8.24. The summed E-state index contributed by atoms with van der Waals surface area (Å²) in [6.45, 7) is 2.22. The molecule has 1 saturated heterocycles. The fourth-order valence-electron chi connectivity index (χ4n) is 3.46. The summed E-state index contributed by atoms with van der Waals surface area (Å²) in [6.07, 6.45) is 2.93. The summed E-state index contributed by atoms with van der Waals surface area (Å²) in [7, 11) is 1.97. The zero-order valence-corrected chi connectivity index (χ0v) is 13.6. The van der Waals surface area contributed by atoms with E-state index in [-0.39, 0.29) is 30.0 Å². The Labute approximate surface area is 136 Å². The molecule has 1 aliphatic carbocycles. The van der Waals surface area contributed by atoms with Crippen LogP contribution in [0.5, 0.6) is 0 Å². The Morgan fingerprint density at radius 1 is 1.35 bits per heavy atom. The maximum Gasteiger partial charge on any atom is 0.222 e. The first kappa shape index (κ1) is 16.4. The molecule has 0 amide bonds. The highest BCUT2D eigenvalue weighted by molar-refractivity contribution is 5.44. The number of nitrogen functional groups attached to an aromatic ring is 1. The molecule has 0 aromatic carbocycles. The maximum absolute atomic E-state index is 9.84. The van der Waals surface area contributed by atoms with E-state index in [2.05, 4.69) is 9.97 Å². The number of hydrogen-bond acceptors (Lipinski definition) is 7. The molecule has 1 aliphatic heterocycles. The monoisotopic (exact) mass is 322 g/mol. The third-order valence-corrected chi connectivity index (χ3v) is 5.13. The van der Waals surface area contributed by atoms with Gasteiger partial charge in [0.1, 0.15) is 5.82 Å². The second-order valence-electron chi connectivity index (χ2n) is 6.96. The third kappa shape index (κ3) is 3.57. The molecule has 2 heterocycles. The highest BCUT2D eigenvalue weighted by atomic mass is 16.5. The number of hydrogen-bond donors (Lipinski definition) is 3. The van der Waals surface area contributed by atoms with Crippen molar-refractivity contribution in [2.75, 3.05) is 44.0 Å². The predicted molar refractivity (Wildman–Crippen MR) is 87.3 cm³/mol. The smallest absolute Gasteiger partial charge is 0.222 e. The van der Waals surface area contributed by atoms with Crippen molar-refractivity contribution in [1.29, 1.82) is 0 Å². The summed E-state index contributed by atoms with van der Waals surface area (Å²) in [5.41, 5.74) is 6.61. The van der Waals surface area contributed by atoms with Crippen LogP contribution in [0.3, 0.4) is 0 Å². The van der Waals surface area contributed by atoms with Crippen molar-refractivity contribution in [1.82, 2.24) is 9.97 Å². The minimum absolute atomic E-state index is 0.142. The maximum atomic E-state index is 9.84. The van der Waals surface area contributed by atoms with Crippen LogP contribution in [0, 0.1) is 5.41 Å². The van der Waals surface area contributed by atoms with Gasteiger partial charge in [-0.05, 0) is 25.7 Å². The fourth-order valence-corrected chi connectivity index (χ4v) is 3.46. The number of anilines is 2. The minimum atomic E-state index is -0.225. The Bertz CT molecular complexity index is 542. The van der Waals surface area contributed by atoms with Gasteiger partial charge in [-0.1, -0.05) is 0 Å². The van der Waals surface area contributed by atoms with Gasteiger partial charge >= 0.3 is 0 Å². The molecule has 1 aromatic rings. The van der Waals surface area contributed by atoms with Crippen LogP contribution >= 0.6 is 0 Å². The Balaban J connectivity index is 1.74. The van der Waals surface area contributed by atoms with E-state index in [9.17, 15) is 10.2 Å². The van der Waals surface area contributed by atoms with E-state index in [0.29, 0.717) is 19.8 Å². The lowest BCUT2D eigenvalue weighted by Crippen LogP contribution is -2.43. The normalized spacial score (nSPS) is 26.6. The fraction of sp³-hybridized carbons (Fsp3) is 0.750. The van der Waals surface area contributed by atoms with Gasteiger partial charge in [0.15, 0.2) is 0 Å². The molecule has 4 N–H and O–H groups in total. The highest BCUT2D eigenvalue weighted by Crippen LogP contribution is 2.37. The van der Waals surface area contributed by atoms with Gasteiger partial charge in [0.25, 0.3) is 0 Å². The predicted octanol–water partition coefficient (Wildman–Crippen LogP) is 0.522. The van der Waals surface area contributed by atoms with Crippen LogP contribution in [-0.2, 0) is 4.74 Å². The lowest BCUT2D eigenvalue weighted by molar-refractivity contribution is -0.0113. The van der Waals surface area contributed by atoms with E-state index in [1.807, 2.05) is 18.0 Å². The van der Waals surface area contributed by atoms with Crippen LogP contribution in [0.1, 0.15) is 37.3 Å². The molecule has 7 nitrogen and oxygen atoms in total. The summed E-state index contributed by atoms with van der Waals surface area (Å²) in [5, 5.41) is 19.3. The van der Waals surface area contributed by atoms with Crippen LogP contribution in [0.25, 0.3) is 0 Å². The van der Waals surface area contributed by atoms with Gasteiger partial charge in [-0.25, -0.2) is 4.98 Å². The molecule has 2 aliphatic rings. The van der Waals surface area contributed by atoms with Crippen molar-refractivity contribution in [3.8, 4) is 0 Å². The number of aliphatic hydroxyl groups is 2. The third-order valence-electron chi connectivity index (χ3n) is 5.13. The molecule has 1 aromatic heterocycles. The number of aliphatic hydroxyl groups excluding tert-OH is 2. The Morgan fingerprint density at radius 2 is 2.04 bits per heavy atom. The Kier molecular flexibility index (Phi) is 4.70. The van der Waals surface area contributed by atoms with E-state index in [1.165, 1.54) is 0 Å². The van der Waals surface area contributed by atoms with Crippen LogP contribution in [0.2, 0.25) is 0 Å². The zero-order valence-electron chi connectivity index (χ0n) is 13.6. The number of rotatable bonds is 5. The summed E-state index contributed by atoms with van der Waals surface area (Å²) >= 11 is 0. The molecule has 2 fully saturated rings. The molecule has 0 atom stereocenters. The zero-order chi connectivity index (χ0) is 16.4. The summed E-state index contributed by atoms with van der Waals surface area (Å²) in [4.78, 5) is 10.7. The van der Waals surface area contributed by atoms with Crippen molar-refractivity contribution >= 4 is 11.8 Å². The second-order valence-corrected chi connectivity index (χ2v) is 6.96. The van der Waals surface area contributed by atoms with Gasteiger partial charge in [-0.2, -0.15) is 4.98 Å². The van der Waals surface area contributed by atoms with E-state index in [1.54, 1.807) is 0 Å². The standard InChI is InChI=1S/C16H26N4O3/c1-20(9-16(10-21)2-4-23-5-3-16)14-8-13(18-15(17)19-14)11-6-12(22)7-11/h8,11-12,21-22H,2-7,9-10H2,1H3,(H2,17,18,19). The van der Waals surface area contributed by atoms with Crippen molar-refractivity contribution in [2.24, 2.45) is 5.41 Å². The van der Waals surface area contributed by atoms with Gasteiger partial charge < -0.3 is 25.6 Å². The molecule has 7 heteroatoms. The molecule has 128 valence electrons. The van der Waals surface area contributed by atoms with Crippen LogP contribution in [-0.4, -0.2) is 59.7 Å². The van der Waals surface area contributed by atoms with Crippen LogP contribution in [0.15, 0.2) is 6.07 Å². The molecule has 3 rings (SSSR count). The Hall–Kier alpha value is -1.44. The van der Waals surface area contributed by atoms with Gasteiger partial charge in [-0.3, -0.25) is 0 Å². The largest absolute Gasteiger partial charge is 0.396 e. The molecule has 0 spiro atoms. The average Bonchev–Trinajstić information content (AvgIpc) is 2.52.